The van der Waals surface area contributed by atoms with Crippen molar-refractivity contribution in [1.82, 2.24) is 4.90 Å². The number of phenols is 1. The van der Waals surface area contributed by atoms with Gasteiger partial charge in [0.1, 0.15) is 12.3 Å². The van der Waals surface area contributed by atoms with Crippen molar-refractivity contribution in [3.63, 3.8) is 0 Å². The predicted octanol–water partition coefficient (Wildman–Crippen LogP) is 1.51. The molecule has 0 unspecified atom stereocenters. The first-order valence-electron chi connectivity index (χ1n) is 8.03. The van der Waals surface area contributed by atoms with Crippen LogP contribution in [-0.4, -0.2) is 45.6 Å². The Balaban J connectivity index is 2.05. The largest absolute Gasteiger partial charge is 0.508 e. The van der Waals surface area contributed by atoms with Gasteiger partial charge in [0.25, 0.3) is 0 Å². The molecule has 6 heteroatoms. The second-order valence-electron chi connectivity index (χ2n) is 6.13. The lowest BCUT2D eigenvalue weighted by molar-refractivity contribution is -0.147. The molecular formula is C17H24N2O4. The predicted molar refractivity (Wildman–Crippen MR) is 86.0 cm³/mol. The summed E-state index contributed by atoms with van der Waals surface area (Å²) in [7, 11) is 0. The molecule has 1 atom stereocenters. The number of carboxylic acid groups (broad SMARTS) is 1. The van der Waals surface area contributed by atoms with E-state index in [2.05, 4.69) is 0 Å². The molecule has 1 aromatic carbocycles. The van der Waals surface area contributed by atoms with Crippen LogP contribution in [0.5, 0.6) is 5.75 Å². The van der Waals surface area contributed by atoms with Gasteiger partial charge in [-0.3, -0.25) is 9.59 Å². The van der Waals surface area contributed by atoms with Gasteiger partial charge in [-0.25, -0.2) is 0 Å². The average Bonchev–Trinajstić information content (AvgIpc) is 2.54. The first kappa shape index (κ1) is 17.3. The van der Waals surface area contributed by atoms with Crippen LogP contribution in [0.1, 0.15) is 37.7 Å². The summed E-state index contributed by atoms with van der Waals surface area (Å²) >= 11 is 0. The number of aliphatic carboxylic acids is 1. The van der Waals surface area contributed by atoms with Gasteiger partial charge in [0.15, 0.2) is 0 Å². The lowest BCUT2D eigenvalue weighted by Gasteiger charge is -2.34. The van der Waals surface area contributed by atoms with E-state index in [-0.39, 0.29) is 24.2 Å². The molecule has 6 nitrogen and oxygen atoms in total. The van der Waals surface area contributed by atoms with Crippen molar-refractivity contribution in [3.05, 3.63) is 29.8 Å². The van der Waals surface area contributed by atoms with Crippen molar-refractivity contribution in [3.8, 4) is 5.75 Å². The molecule has 0 heterocycles. The van der Waals surface area contributed by atoms with Crippen molar-refractivity contribution in [1.29, 1.82) is 0 Å². The van der Waals surface area contributed by atoms with Crippen molar-refractivity contribution >= 4 is 11.9 Å². The Bertz CT molecular complexity index is 538. The van der Waals surface area contributed by atoms with E-state index in [4.69, 9.17) is 10.8 Å². The molecule has 126 valence electrons. The number of carbonyl (C=O) groups is 2. The summed E-state index contributed by atoms with van der Waals surface area (Å²) in [5.41, 5.74) is 6.86. The van der Waals surface area contributed by atoms with Crippen LogP contribution in [0, 0.1) is 0 Å². The molecule has 23 heavy (non-hydrogen) atoms. The Morgan fingerprint density at radius 2 is 1.78 bits per heavy atom. The Morgan fingerprint density at radius 3 is 2.35 bits per heavy atom. The molecule has 0 saturated heterocycles. The maximum absolute atomic E-state index is 12.6. The Hall–Kier alpha value is -2.08. The summed E-state index contributed by atoms with van der Waals surface area (Å²) in [6, 6.07) is 5.71. The maximum atomic E-state index is 12.6. The number of amides is 1. The van der Waals surface area contributed by atoms with Crippen molar-refractivity contribution < 1.29 is 19.8 Å². The van der Waals surface area contributed by atoms with E-state index < -0.39 is 12.0 Å². The van der Waals surface area contributed by atoms with Crippen LogP contribution in [0.15, 0.2) is 24.3 Å². The van der Waals surface area contributed by atoms with Gasteiger partial charge in [-0.1, -0.05) is 31.4 Å². The standard InChI is InChI=1S/C17H24N2O4/c18-15(10-12-6-8-14(20)9-7-12)17(23)19(11-16(21)22)13-4-2-1-3-5-13/h6-9,13,15,20H,1-5,10-11,18H2,(H,21,22)/t15-/m0/s1. The highest BCUT2D eigenvalue weighted by atomic mass is 16.4. The fourth-order valence-electron chi connectivity index (χ4n) is 3.11. The quantitative estimate of drug-likeness (QED) is 0.737. The number of hydrogen-bond acceptors (Lipinski definition) is 4. The molecule has 0 aromatic heterocycles. The summed E-state index contributed by atoms with van der Waals surface area (Å²) < 4.78 is 0. The van der Waals surface area contributed by atoms with Crippen LogP contribution in [0.4, 0.5) is 0 Å². The van der Waals surface area contributed by atoms with Crippen molar-refractivity contribution in [2.75, 3.05) is 6.54 Å². The molecule has 1 saturated carbocycles. The second-order valence-corrected chi connectivity index (χ2v) is 6.13. The molecule has 1 fully saturated rings. The number of aromatic hydroxyl groups is 1. The number of hydrogen-bond donors (Lipinski definition) is 3. The van der Waals surface area contributed by atoms with Gasteiger partial charge in [0.2, 0.25) is 5.91 Å². The molecule has 4 N–H and O–H groups in total. The number of carbonyl (C=O) groups excluding carboxylic acids is 1. The van der Waals surface area contributed by atoms with Gasteiger partial charge in [-0.2, -0.15) is 0 Å². The molecule has 1 amide bonds. The minimum Gasteiger partial charge on any atom is -0.508 e. The number of nitrogens with two attached hydrogens (primary N) is 1. The zero-order chi connectivity index (χ0) is 16.8. The molecule has 2 rings (SSSR count). The van der Waals surface area contributed by atoms with E-state index in [1.165, 1.54) is 4.90 Å². The van der Waals surface area contributed by atoms with Gasteiger partial charge in [-0.05, 0) is 37.0 Å². The van der Waals surface area contributed by atoms with E-state index in [1.807, 2.05) is 0 Å². The number of nitrogens with zero attached hydrogens (tertiary/aromatic N) is 1. The second kappa shape index (κ2) is 7.97. The van der Waals surface area contributed by atoms with E-state index in [0.29, 0.717) is 6.42 Å². The molecule has 1 aromatic rings. The molecular weight excluding hydrogens is 296 g/mol. The fraction of sp³-hybridized carbons (Fsp3) is 0.529. The van der Waals surface area contributed by atoms with Gasteiger partial charge in [0, 0.05) is 6.04 Å². The van der Waals surface area contributed by atoms with Crippen LogP contribution in [0.2, 0.25) is 0 Å². The van der Waals surface area contributed by atoms with Crippen molar-refractivity contribution in [2.45, 2.75) is 50.6 Å². The summed E-state index contributed by atoms with van der Waals surface area (Å²) in [5, 5.41) is 18.4. The zero-order valence-electron chi connectivity index (χ0n) is 13.1. The Kier molecular flexibility index (Phi) is 5.98. The van der Waals surface area contributed by atoms with E-state index in [1.54, 1.807) is 24.3 Å². The third-order valence-electron chi connectivity index (χ3n) is 4.31. The number of carboxylic acids is 1. The highest BCUT2D eigenvalue weighted by Crippen LogP contribution is 2.23. The highest BCUT2D eigenvalue weighted by Gasteiger charge is 2.30. The van der Waals surface area contributed by atoms with Gasteiger partial charge >= 0.3 is 5.97 Å². The summed E-state index contributed by atoms with van der Waals surface area (Å²) in [4.78, 5) is 25.2. The minimum absolute atomic E-state index is 0.0294. The summed E-state index contributed by atoms with van der Waals surface area (Å²) in [5.74, 6) is -1.17. The highest BCUT2D eigenvalue weighted by molar-refractivity contribution is 5.85. The molecule has 1 aliphatic rings. The minimum atomic E-state index is -1.01. The summed E-state index contributed by atoms with van der Waals surface area (Å²) in [6.45, 7) is -0.299. The van der Waals surface area contributed by atoms with Gasteiger partial charge in [0.05, 0.1) is 6.04 Å². The normalized spacial score (nSPS) is 16.7. The van der Waals surface area contributed by atoms with Crippen LogP contribution in [0.25, 0.3) is 0 Å². The molecule has 0 spiro atoms. The Morgan fingerprint density at radius 1 is 1.17 bits per heavy atom. The Labute approximate surface area is 135 Å². The van der Waals surface area contributed by atoms with Crippen LogP contribution in [0.3, 0.4) is 0 Å². The molecule has 0 bridgehead atoms. The maximum Gasteiger partial charge on any atom is 0.323 e. The number of rotatable bonds is 6. The average molecular weight is 320 g/mol. The summed E-state index contributed by atoms with van der Waals surface area (Å²) in [6.07, 6.45) is 5.16. The third-order valence-corrected chi connectivity index (χ3v) is 4.31. The first-order chi connectivity index (χ1) is 11.0. The number of benzene rings is 1. The smallest absolute Gasteiger partial charge is 0.323 e. The SMILES string of the molecule is N[C@@H](Cc1ccc(O)cc1)C(=O)N(CC(=O)O)C1CCCCC1. The van der Waals surface area contributed by atoms with Gasteiger partial charge < -0.3 is 20.8 Å². The topological polar surface area (TPSA) is 104 Å². The van der Waals surface area contributed by atoms with Gasteiger partial charge in [-0.15, -0.1) is 0 Å². The monoisotopic (exact) mass is 320 g/mol. The van der Waals surface area contributed by atoms with Crippen LogP contribution < -0.4 is 5.73 Å². The van der Waals surface area contributed by atoms with Crippen LogP contribution in [-0.2, 0) is 16.0 Å². The molecule has 0 radical (unpaired) electrons. The van der Waals surface area contributed by atoms with Crippen molar-refractivity contribution in [2.24, 2.45) is 5.73 Å². The van der Waals surface area contributed by atoms with E-state index in [0.717, 1.165) is 37.7 Å². The molecule has 1 aliphatic carbocycles. The van der Waals surface area contributed by atoms with E-state index >= 15 is 0 Å². The fourth-order valence-corrected chi connectivity index (χ4v) is 3.11. The molecule has 0 aliphatic heterocycles. The van der Waals surface area contributed by atoms with Crippen LogP contribution >= 0.6 is 0 Å². The zero-order valence-corrected chi connectivity index (χ0v) is 13.1. The lowest BCUT2D eigenvalue weighted by atomic mass is 9.93. The third kappa shape index (κ3) is 4.96. The van der Waals surface area contributed by atoms with E-state index in [9.17, 15) is 14.7 Å². The lowest BCUT2D eigenvalue weighted by Crippen LogP contribution is -2.51. The first-order valence-corrected chi connectivity index (χ1v) is 8.03. The number of phenolic OH excluding ortho intramolecular Hbond substituents is 1.